The number of amides is 1. The van der Waals surface area contributed by atoms with Crippen LogP contribution in [0.5, 0.6) is 5.75 Å². The normalized spacial score (nSPS) is 17.4. The van der Waals surface area contributed by atoms with Gasteiger partial charge in [-0.3, -0.25) is 19.5 Å². The molecule has 0 radical (unpaired) electrons. The van der Waals surface area contributed by atoms with Crippen LogP contribution in [0.4, 0.5) is 5.69 Å². The Bertz CT molecular complexity index is 1230. The van der Waals surface area contributed by atoms with Gasteiger partial charge in [0.15, 0.2) is 0 Å². The number of rotatable bonds is 6. The molecule has 0 bridgehead atoms. The Morgan fingerprint density at radius 2 is 1.91 bits per heavy atom. The van der Waals surface area contributed by atoms with Crippen molar-refractivity contribution in [2.75, 3.05) is 11.5 Å². The molecule has 1 unspecified atom stereocenters. The summed E-state index contributed by atoms with van der Waals surface area (Å²) in [6, 6.07) is 15.4. The van der Waals surface area contributed by atoms with Crippen molar-refractivity contribution in [3.05, 3.63) is 94.8 Å². The standard InChI is InChI=1S/C27H26N2O4/c1-4-13-33-22-11-10-19(15-18(22)3)25(30)23-24(20-8-6-12-28-16-20)29(27(32)26(23)31)21-9-5-7-17(2)14-21/h5-12,14-16,24,30H,4,13H2,1-3H3/b25-23-. The zero-order valence-electron chi connectivity index (χ0n) is 18.9. The lowest BCUT2D eigenvalue weighted by Crippen LogP contribution is -2.29. The van der Waals surface area contributed by atoms with Gasteiger partial charge in [0.05, 0.1) is 18.2 Å². The molecule has 6 nitrogen and oxygen atoms in total. The van der Waals surface area contributed by atoms with E-state index in [0.717, 1.165) is 23.3 Å². The zero-order valence-corrected chi connectivity index (χ0v) is 18.9. The van der Waals surface area contributed by atoms with E-state index in [1.807, 2.05) is 39.0 Å². The third-order valence-electron chi connectivity index (χ3n) is 5.63. The van der Waals surface area contributed by atoms with Gasteiger partial charge in [-0.2, -0.15) is 0 Å². The maximum atomic E-state index is 13.2. The molecule has 33 heavy (non-hydrogen) atoms. The number of aromatic nitrogens is 1. The lowest BCUT2D eigenvalue weighted by molar-refractivity contribution is -0.132. The van der Waals surface area contributed by atoms with Gasteiger partial charge in [0.25, 0.3) is 11.7 Å². The van der Waals surface area contributed by atoms with E-state index in [1.54, 1.807) is 48.8 Å². The largest absolute Gasteiger partial charge is 0.507 e. The number of aliphatic hydroxyl groups excluding tert-OH is 1. The molecule has 0 spiro atoms. The van der Waals surface area contributed by atoms with Gasteiger partial charge in [-0.1, -0.05) is 25.1 Å². The number of pyridine rings is 1. The highest BCUT2D eigenvalue weighted by Crippen LogP contribution is 2.42. The molecule has 4 rings (SSSR count). The SMILES string of the molecule is CCCOc1ccc(/C(O)=C2/C(=O)C(=O)N(c3cccc(C)c3)C2c2cccnc2)cc1C. The van der Waals surface area contributed by atoms with Crippen LogP contribution < -0.4 is 9.64 Å². The number of carbonyl (C=O) groups excluding carboxylic acids is 2. The van der Waals surface area contributed by atoms with Crippen molar-refractivity contribution < 1.29 is 19.4 Å². The summed E-state index contributed by atoms with van der Waals surface area (Å²) < 4.78 is 5.73. The number of hydrogen-bond acceptors (Lipinski definition) is 5. The van der Waals surface area contributed by atoms with Crippen molar-refractivity contribution in [1.29, 1.82) is 0 Å². The molecule has 1 aliphatic rings. The minimum atomic E-state index is -0.795. The molecule has 168 valence electrons. The molecule has 2 aromatic carbocycles. The molecule has 1 aliphatic heterocycles. The molecule has 2 heterocycles. The van der Waals surface area contributed by atoms with Crippen molar-refractivity contribution >= 4 is 23.1 Å². The van der Waals surface area contributed by atoms with Gasteiger partial charge in [0, 0.05) is 23.6 Å². The summed E-state index contributed by atoms with van der Waals surface area (Å²) in [5.74, 6) is -0.914. The second kappa shape index (κ2) is 9.28. The van der Waals surface area contributed by atoms with Crippen molar-refractivity contribution in [2.45, 2.75) is 33.2 Å². The number of benzene rings is 2. The molecule has 1 N–H and O–H groups in total. The van der Waals surface area contributed by atoms with Gasteiger partial charge < -0.3 is 9.84 Å². The second-order valence-electron chi connectivity index (χ2n) is 8.12. The van der Waals surface area contributed by atoms with Crippen LogP contribution in [-0.4, -0.2) is 28.4 Å². The lowest BCUT2D eigenvalue weighted by atomic mass is 9.95. The third-order valence-corrected chi connectivity index (χ3v) is 5.63. The fourth-order valence-corrected chi connectivity index (χ4v) is 4.06. The first-order chi connectivity index (χ1) is 15.9. The highest BCUT2D eigenvalue weighted by Gasteiger charge is 2.47. The first-order valence-corrected chi connectivity index (χ1v) is 10.9. The van der Waals surface area contributed by atoms with E-state index in [1.165, 1.54) is 4.90 Å². The van der Waals surface area contributed by atoms with E-state index < -0.39 is 17.7 Å². The second-order valence-corrected chi connectivity index (χ2v) is 8.12. The molecule has 1 atom stereocenters. The van der Waals surface area contributed by atoms with Crippen LogP contribution in [-0.2, 0) is 9.59 Å². The van der Waals surface area contributed by atoms with E-state index >= 15 is 0 Å². The lowest BCUT2D eigenvalue weighted by Gasteiger charge is -2.25. The van der Waals surface area contributed by atoms with Gasteiger partial charge in [-0.05, 0) is 73.4 Å². The molecule has 0 saturated carbocycles. The van der Waals surface area contributed by atoms with Crippen LogP contribution >= 0.6 is 0 Å². The van der Waals surface area contributed by atoms with Crippen LogP contribution in [0, 0.1) is 13.8 Å². The number of ether oxygens (including phenoxy) is 1. The predicted octanol–water partition coefficient (Wildman–Crippen LogP) is 5.11. The number of carbonyl (C=O) groups is 2. The van der Waals surface area contributed by atoms with Crippen LogP contribution in [0.25, 0.3) is 5.76 Å². The number of ketones is 1. The van der Waals surface area contributed by atoms with E-state index in [2.05, 4.69) is 4.98 Å². The molecule has 1 saturated heterocycles. The zero-order chi connectivity index (χ0) is 23.5. The Labute approximate surface area is 193 Å². The maximum Gasteiger partial charge on any atom is 0.300 e. The Kier molecular flexibility index (Phi) is 6.27. The average Bonchev–Trinajstić information content (AvgIpc) is 3.09. The number of Topliss-reactive ketones (excluding diaryl/α,β-unsaturated/α-hetero) is 1. The smallest absolute Gasteiger partial charge is 0.300 e. The minimum absolute atomic E-state index is 0.0381. The van der Waals surface area contributed by atoms with E-state index in [9.17, 15) is 14.7 Å². The van der Waals surface area contributed by atoms with Gasteiger partial charge in [-0.15, -0.1) is 0 Å². The summed E-state index contributed by atoms with van der Waals surface area (Å²) in [7, 11) is 0. The predicted molar refractivity (Wildman–Crippen MR) is 127 cm³/mol. The number of anilines is 1. The van der Waals surface area contributed by atoms with Gasteiger partial charge in [-0.25, -0.2) is 0 Å². The summed E-state index contributed by atoms with van der Waals surface area (Å²) in [5, 5.41) is 11.3. The highest BCUT2D eigenvalue weighted by atomic mass is 16.5. The topological polar surface area (TPSA) is 79.7 Å². The summed E-state index contributed by atoms with van der Waals surface area (Å²) in [6.45, 7) is 6.42. The fraction of sp³-hybridized carbons (Fsp3) is 0.222. The Morgan fingerprint density at radius 3 is 2.58 bits per heavy atom. The van der Waals surface area contributed by atoms with Gasteiger partial charge in [0.2, 0.25) is 0 Å². The molecule has 3 aromatic rings. The van der Waals surface area contributed by atoms with E-state index in [4.69, 9.17) is 4.74 Å². The number of nitrogens with zero attached hydrogens (tertiary/aromatic N) is 2. The fourth-order valence-electron chi connectivity index (χ4n) is 4.06. The molecule has 1 aromatic heterocycles. The third kappa shape index (κ3) is 4.24. The maximum absolute atomic E-state index is 13.2. The van der Waals surface area contributed by atoms with Crippen molar-refractivity contribution in [3.63, 3.8) is 0 Å². The van der Waals surface area contributed by atoms with Crippen molar-refractivity contribution in [3.8, 4) is 5.75 Å². The number of aryl methyl sites for hydroxylation is 2. The van der Waals surface area contributed by atoms with Crippen molar-refractivity contribution in [1.82, 2.24) is 4.98 Å². The molecule has 1 fully saturated rings. The molecule has 6 heteroatoms. The summed E-state index contributed by atoms with van der Waals surface area (Å²) in [5.41, 5.74) is 3.50. The summed E-state index contributed by atoms with van der Waals surface area (Å²) in [6.07, 6.45) is 4.12. The van der Waals surface area contributed by atoms with Gasteiger partial charge in [0.1, 0.15) is 11.5 Å². The monoisotopic (exact) mass is 442 g/mol. The highest BCUT2D eigenvalue weighted by molar-refractivity contribution is 6.51. The molecular formula is C27H26N2O4. The van der Waals surface area contributed by atoms with Crippen LogP contribution in [0.3, 0.4) is 0 Å². The molecule has 0 aliphatic carbocycles. The van der Waals surface area contributed by atoms with E-state index in [-0.39, 0.29) is 11.3 Å². The van der Waals surface area contributed by atoms with Gasteiger partial charge >= 0.3 is 0 Å². The summed E-state index contributed by atoms with van der Waals surface area (Å²) in [4.78, 5) is 32.0. The Hall–Kier alpha value is -3.93. The first kappa shape index (κ1) is 22.3. The molecule has 1 amide bonds. The quantitative estimate of drug-likeness (QED) is 0.326. The Balaban J connectivity index is 1.87. The minimum Gasteiger partial charge on any atom is -0.507 e. The van der Waals surface area contributed by atoms with Crippen LogP contribution in [0.2, 0.25) is 0 Å². The number of hydrogen-bond donors (Lipinski definition) is 1. The van der Waals surface area contributed by atoms with Crippen LogP contribution in [0.15, 0.2) is 72.6 Å². The number of aliphatic hydroxyl groups is 1. The summed E-state index contributed by atoms with van der Waals surface area (Å²) >= 11 is 0. The van der Waals surface area contributed by atoms with Crippen LogP contribution in [0.1, 0.15) is 41.6 Å². The first-order valence-electron chi connectivity index (χ1n) is 10.9. The van der Waals surface area contributed by atoms with E-state index in [0.29, 0.717) is 23.4 Å². The van der Waals surface area contributed by atoms with Crippen molar-refractivity contribution in [2.24, 2.45) is 0 Å². The Morgan fingerprint density at radius 1 is 1.09 bits per heavy atom. The molecular weight excluding hydrogens is 416 g/mol. The average molecular weight is 443 g/mol.